The van der Waals surface area contributed by atoms with Crippen molar-refractivity contribution in [2.75, 3.05) is 31.5 Å². The highest BCUT2D eigenvalue weighted by molar-refractivity contribution is 5.92. The van der Waals surface area contributed by atoms with Gasteiger partial charge in [0.2, 0.25) is 11.8 Å². The number of likely N-dealkylation sites (tertiary alicyclic amines) is 1. The smallest absolute Gasteiger partial charge is 0.238 e. The maximum absolute atomic E-state index is 12.2. The molecule has 1 aromatic carbocycles. The third kappa shape index (κ3) is 5.36. The largest absolute Gasteiger partial charge is 0.356 e. The lowest BCUT2D eigenvalue weighted by atomic mass is 9.96. The van der Waals surface area contributed by atoms with E-state index in [0.717, 1.165) is 42.7 Å². The first kappa shape index (κ1) is 17.5. The lowest BCUT2D eigenvalue weighted by Crippen LogP contribution is -2.43. The normalized spacial score (nSPS) is 16.1. The monoisotopic (exact) mass is 317 g/mol. The number of nitrogens with one attached hydrogen (secondary N) is 2. The molecular weight excluding hydrogens is 290 g/mol. The van der Waals surface area contributed by atoms with Gasteiger partial charge in [-0.05, 0) is 70.0 Å². The lowest BCUT2D eigenvalue weighted by Gasteiger charge is -2.30. The first-order valence-electron chi connectivity index (χ1n) is 8.36. The summed E-state index contributed by atoms with van der Waals surface area (Å²) in [5, 5.41) is 5.84. The van der Waals surface area contributed by atoms with E-state index in [1.807, 2.05) is 32.9 Å². The average molecular weight is 317 g/mol. The first-order chi connectivity index (χ1) is 11.0. The molecule has 1 aromatic rings. The second-order valence-electron chi connectivity index (χ2n) is 6.37. The van der Waals surface area contributed by atoms with Gasteiger partial charge in [0, 0.05) is 18.2 Å². The Bertz CT molecular complexity index is 543. The highest BCUT2D eigenvalue weighted by Gasteiger charge is 2.25. The zero-order chi connectivity index (χ0) is 16.8. The predicted molar refractivity (Wildman–Crippen MR) is 92.4 cm³/mol. The van der Waals surface area contributed by atoms with Crippen molar-refractivity contribution in [3.8, 4) is 0 Å². The summed E-state index contributed by atoms with van der Waals surface area (Å²) in [5.41, 5.74) is 3.14. The lowest BCUT2D eigenvalue weighted by molar-refractivity contribution is -0.126. The van der Waals surface area contributed by atoms with E-state index in [-0.39, 0.29) is 17.7 Å². The van der Waals surface area contributed by atoms with Crippen LogP contribution in [0.3, 0.4) is 0 Å². The van der Waals surface area contributed by atoms with Crippen LogP contribution in [0.5, 0.6) is 0 Å². The summed E-state index contributed by atoms with van der Waals surface area (Å²) in [7, 11) is 0. The van der Waals surface area contributed by atoms with Gasteiger partial charge in [0.15, 0.2) is 0 Å². The van der Waals surface area contributed by atoms with Gasteiger partial charge in [-0.3, -0.25) is 14.5 Å². The number of aryl methyl sites for hydroxylation is 2. The Kier molecular flexibility index (Phi) is 6.16. The molecule has 0 spiro atoms. The Balaban J connectivity index is 1.79. The van der Waals surface area contributed by atoms with Crippen LogP contribution in [-0.4, -0.2) is 42.9 Å². The summed E-state index contributed by atoms with van der Waals surface area (Å²) in [5.74, 6) is 0.243. The predicted octanol–water partition coefficient (Wildman–Crippen LogP) is 2.09. The number of amides is 2. The molecule has 0 radical (unpaired) electrons. The molecule has 2 amide bonds. The Hall–Kier alpha value is -1.88. The number of hydrogen-bond acceptors (Lipinski definition) is 3. The van der Waals surface area contributed by atoms with Gasteiger partial charge >= 0.3 is 0 Å². The van der Waals surface area contributed by atoms with Gasteiger partial charge in [-0.1, -0.05) is 6.07 Å². The van der Waals surface area contributed by atoms with Crippen molar-refractivity contribution < 1.29 is 9.59 Å². The molecule has 1 aliphatic rings. The summed E-state index contributed by atoms with van der Waals surface area (Å²) < 4.78 is 0. The Morgan fingerprint density at radius 3 is 2.30 bits per heavy atom. The number of piperidine rings is 1. The van der Waals surface area contributed by atoms with E-state index in [1.54, 1.807) is 0 Å². The minimum atomic E-state index is 0.00598. The number of anilines is 1. The molecule has 0 saturated carbocycles. The van der Waals surface area contributed by atoms with Crippen LogP contribution in [0.4, 0.5) is 5.69 Å². The van der Waals surface area contributed by atoms with Crippen LogP contribution in [0, 0.1) is 19.8 Å². The fourth-order valence-corrected chi connectivity index (χ4v) is 3.12. The third-order valence-corrected chi connectivity index (χ3v) is 4.18. The van der Waals surface area contributed by atoms with Crippen molar-refractivity contribution in [1.29, 1.82) is 0 Å². The Morgan fingerprint density at radius 2 is 1.74 bits per heavy atom. The second kappa shape index (κ2) is 8.11. The summed E-state index contributed by atoms with van der Waals surface area (Å²) >= 11 is 0. The topological polar surface area (TPSA) is 61.4 Å². The van der Waals surface area contributed by atoms with Crippen LogP contribution in [0.15, 0.2) is 18.2 Å². The van der Waals surface area contributed by atoms with Crippen molar-refractivity contribution in [3.05, 3.63) is 29.3 Å². The average Bonchev–Trinajstić information content (AvgIpc) is 2.47. The molecule has 5 heteroatoms. The molecule has 5 nitrogen and oxygen atoms in total. The standard InChI is InChI=1S/C18H27N3O2/c1-4-19-18(23)15-5-7-21(8-6-15)12-17(22)20-16-10-13(2)9-14(3)11-16/h9-11,15H,4-8,12H2,1-3H3,(H,19,23)(H,20,22). The van der Waals surface area contributed by atoms with Crippen molar-refractivity contribution in [2.24, 2.45) is 5.92 Å². The van der Waals surface area contributed by atoms with E-state index < -0.39 is 0 Å². The van der Waals surface area contributed by atoms with Crippen LogP contribution in [0.1, 0.15) is 30.9 Å². The molecule has 126 valence electrons. The van der Waals surface area contributed by atoms with Gasteiger partial charge in [-0.15, -0.1) is 0 Å². The Labute approximate surface area is 138 Å². The van der Waals surface area contributed by atoms with Crippen LogP contribution < -0.4 is 10.6 Å². The number of carbonyl (C=O) groups is 2. The van der Waals surface area contributed by atoms with E-state index in [1.165, 1.54) is 0 Å². The number of carbonyl (C=O) groups excluding carboxylic acids is 2. The van der Waals surface area contributed by atoms with Crippen molar-refractivity contribution in [1.82, 2.24) is 10.2 Å². The van der Waals surface area contributed by atoms with Gasteiger partial charge in [0.05, 0.1) is 6.54 Å². The zero-order valence-electron chi connectivity index (χ0n) is 14.3. The minimum Gasteiger partial charge on any atom is -0.356 e. The summed E-state index contributed by atoms with van der Waals surface area (Å²) in [6.45, 7) is 8.63. The molecule has 0 aromatic heterocycles. The molecule has 1 heterocycles. The zero-order valence-corrected chi connectivity index (χ0v) is 14.3. The summed E-state index contributed by atoms with van der Waals surface area (Å²) in [4.78, 5) is 26.1. The van der Waals surface area contributed by atoms with E-state index in [9.17, 15) is 9.59 Å². The van der Waals surface area contributed by atoms with Crippen LogP contribution in [0.25, 0.3) is 0 Å². The van der Waals surface area contributed by atoms with E-state index in [0.29, 0.717) is 13.1 Å². The number of rotatable bonds is 5. The molecule has 0 aliphatic carbocycles. The van der Waals surface area contributed by atoms with Crippen LogP contribution in [-0.2, 0) is 9.59 Å². The van der Waals surface area contributed by atoms with Gasteiger partial charge in [0.25, 0.3) is 0 Å². The maximum Gasteiger partial charge on any atom is 0.238 e. The molecule has 2 rings (SSSR count). The molecular formula is C18H27N3O2. The van der Waals surface area contributed by atoms with Crippen LogP contribution in [0.2, 0.25) is 0 Å². The number of hydrogen-bond donors (Lipinski definition) is 2. The van der Waals surface area contributed by atoms with Crippen molar-refractivity contribution in [2.45, 2.75) is 33.6 Å². The summed E-state index contributed by atoms with van der Waals surface area (Å²) in [6.07, 6.45) is 1.64. The summed E-state index contributed by atoms with van der Waals surface area (Å²) in [6, 6.07) is 6.04. The number of nitrogens with zero attached hydrogens (tertiary/aromatic N) is 1. The van der Waals surface area contributed by atoms with Gasteiger partial charge in [0.1, 0.15) is 0 Å². The van der Waals surface area contributed by atoms with Crippen LogP contribution >= 0.6 is 0 Å². The molecule has 1 saturated heterocycles. The van der Waals surface area contributed by atoms with Crippen molar-refractivity contribution >= 4 is 17.5 Å². The van der Waals surface area contributed by atoms with Gasteiger partial charge in [-0.25, -0.2) is 0 Å². The van der Waals surface area contributed by atoms with Gasteiger partial charge < -0.3 is 10.6 Å². The molecule has 23 heavy (non-hydrogen) atoms. The fourth-order valence-electron chi connectivity index (χ4n) is 3.12. The third-order valence-electron chi connectivity index (χ3n) is 4.18. The molecule has 2 N–H and O–H groups in total. The quantitative estimate of drug-likeness (QED) is 0.874. The molecule has 0 atom stereocenters. The Morgan fingerprint density at radius 1 is 1.13 bits per heavy atom. The number of benzene rings is 1. The first-order valence-corrected chi connectivity index (χ1v) is 8.36. The maximum atomic E-state index is 12.2. The van der Waals surface area contributed by atoms with Crippen molar-refractivity contribution in [3.63, 3.8) is 0 Å². The fraction of sp³-hybridized carbons (Fsp3) is 0.556. The SMILES string of the molecule is CCNC(=O)C1CCN(CC(=O)Nc2cc(C)cc(C)c2)CC1. The van der Waals surface area contributed by atoms with E-state index in [2.05, 4.69) is 21.6 Å². The second-order valence-corrected chi connectivity index (χ2v) is 6.37. The van der Waals surface area contributed by atoms with E-state index >= 15 is 0 Å². The molecule has 1 aliphatic heterocycles. The molecule has 0 bridgehead atoms. The molecule has 1 fully saturated rings. The minimum absolute atomic E-state index is 0.00598. The molecule has 0 unspecified atom stereocenters. The van der Waals surface area contributed by atoms with E-state index in [4.69, 9.17) is 0 Å². The highest BCUT2D eigenvalue weighted by atomic mass is 16.2. The van der Waals surface area contributed by atoms with Gasteiger partial charge in [-0.2, -0.15) is 0 Å². The highest BCUT2D eigenvalue weighted by Crippen LogP contribution is 2.18.